The van der Waals surface area contributed by atoms with Crippen LogP contribution in [0.2, 0.25) is 0 Å². The molecule has 1 rings (SSSR count). The lowest BCUT2D eigenvalue weighted by Crippen LogP contribution is -2.38. The first-order valence-electron chi connectivity index (χ1n) is 7.19. The van der Waals surface area contributed by atoms with Crippen molar-refractivity contribution < 1.29 is 0 Å². The van der Waals surface area contributed by atoms with Gasteiger partial charge >= 0.3 is 0 Å². The minimum absolute atomic E-state index is 0.790. The molecule has 0 radical (unpaired) electrons. The van der Waals surface area contributed by atoms with Gasteiger partial charge in [-0.1, -0.05) is 33.1 Å². The summed E-state index contributed by atoms with van der Waals surface area (Å²) in [4.78, 5) is 2.54. The molecule has 1 N–H and O–H groups in total. The van der Waals surface area contributed by atoms with Crippen molar-refractivity contribution in [2.75, 3.05) is 26.7 Å². The van der Waals surface area contributed by atoms with Gasteiger partial charge in [-0.25, -0.2) is 0 Å². The summed E-state index contributed by atoms with van der Waals surface area (Å²) >= 11 is 0. The highest BCUT2D eigenvalue weighted by Crippen LogP contribution is 2.26. The smallest absolute Gasteiger partial charge is 0.0107 e. The van der Waals surface area contributed by atoms with Crippen molar-refractivity contribution >= 4 is 0 Å². The first-order valence-corrected chi connectivity index (χ1v) is 7.19. The fourth-order valence-electron chi connectivity index (χ4n) is 2.91. The van der Waals surface area contributed by atoms with Crippen LogP contribution in [0.25, 0.3) is 0 Å². The second-order valence-electron chi connectivity index (χ2n) is 5.32. The molecule has 2 heteroatoms. The van der Waals surface area contributed by atoms with Crippen LogP contribution in [0.4, 0.5) is 0 Å². The van der Waals surface area contributed by atoms with E-state index in [1.807, 2.05) is 0 Å². The number of hydrogen-bond acceptors (Lipinski definition) is 2. The van der Waals surface area contributed by atoms with Gasteiger partial charge in [0.25, 0.3) is 0 Å². The molecule has 2 atom stereocenters. The molecule has 0 heterocycles. The Kier molecular flexibility index (Phi) is 7.06. The molecule has 1 saturated carbocycles. The van der Waals surface area contributed by atoms with E-state index in [9.17, 15) is 0 Å². The monoisotopic (exact) mass is 226 g/mol. The van der Waals surface area contributed by atoms with Crippen LogP contribution in [-0.2, 0) is 0 Å². The summed E-state index contributed by atoms with van der Waals surface area (Å²) in [5.41, 5.74) is 0. The third-order valence-corrected chi connectivity index (χ3v) is 3.81. The van der Waals surface area contributed by atoms with Gasteiger partial charge in [0, 0.05) is 12.6 Å². The average molecular weight is 226 g/mol. The Hall–Kier alpha value is -0.0800. The Balaban J connectivity index is 2.18. The quantitative estimate of drug-likeness (QED) is 0.640. The molecule has 0 aromatic rings. The molecule has 0 aliphatic heterocycles. The normalized spacial score (nSPS) is 25.5. The zero-order valence-electron chi connectivity index (χ0n) is 11.5. The van der Waals surface area contributed by atoms with Crippen LogP contribution in [0.1, 0.15) is 52.4 Å². The van der Waals surface area contributed by atoms with Crippen LogP contribution in [0.5, 0.6) is 0 Å². The van der Waals surface area contributed by atoms with Crippen LogP contribution in [0.3, 0.4) is 0 Å². The summed E-state index contributed by atoms with van der Waals surface area (Å²) in [6.45, 7) is 8.20. The van der Waals surface area contributed by atoms with E-state index in [0.717, 1.165) is 18.5 Å². The van der Waals surface area contributed by atoms with E-state index in [0.29, 0.717) is 0 Å². The number of hydrogen-bond donors (Lipinski definition) is 1. The summed E-state index contributed by atoms with van der Waals surface area (Å²) in [6.07, 6.45) is 8.32. The van der Waals surface area contributed by atoms with Gasteiger partial charge in [-0.05, 0) is 45.3 Å². The fraction of sp³-hybridized carbons (Fsp3) is 1.00. The highest BCUT2D eigenvalue weighted by Gasteiger charge is 2.26. The maximum Gasteiger partial charge on any atom is 0.0107 e. The van der Waals surface area contributed by atoms with Gasteiger partial charge in [-0.3, -0.25) is 0 Å². The lowest BCUT2D eigenvalue weighted by Gasteiger charge is -2.26. The predicted octanol–water partition coefficient (Wildman–Crippen LogP) is 2.89. The number of unbranched alkanes of at least 4 members (excludes halogenated alkanes) is 2. The molecule has 1 aliphatic rings. The second-order valence-corrected chi connectivity index (χ2v) is 5.32. The van der Waals surface area contributed by atoms with E-state index < -0.39 is 0 Å². The lowest BCUT2D eigenvalue weighted by atomic mass is 10.0. The average Bonchev–Trinajstić information content (AvgIpc) is 2.67. The van der Waals surface area contributed by atoms with Gasteiger partial charge in [0.2, 0.25) is 0 Å². The van der Waals surface area contributed by atoms with E-state index in [1.54, 1.807) is 0 Å². The third kappa shape index (κ3) is 4.84. The van der Waals surface area contributed by atoms with Crippen molar-refractivity contribution in [3.05, 3.63) is 0 Å². The van der Waals surface area contributed by atoms with E-state index in [1.165, 1.54) is 51.6 Å². The number of nitrogens with one attached hydrogen (secondary N) is 1. The molecule has 2 unspecified atom stereocenters. The van der Waals surface area contributed by atoms with Crippen molar-refractivity contribution in [1.29, 1.82) is 0 Å². The summed E-state index contributed by atoms with van der Waals surface area (Å²) in [5.74, 6) is 0.895. The van der Waals surface area contributed by atoms with E-state index in [2.05, 4.69) is 31.1 Å². The fourth-order valence-corrected chi connectivity index (χ4v) is 2.91. The molecule has 0 spiro atoms. The van der Waals surface area contributed by atoms with Crippen LogP contribution in [-0.4, -0.2) is 37.6 Å². The Morgan fingerprint density at radius 1 is 1.19 bits per heavy atom. The number of rotatable bonds is 8. The summed E-state index contributed by atoms with van der Waals surface area (Å²) in [6, 6.07) is 0.790. The first kappa shape index (κ1) is 14.0. The summed E-state index contributed by atoms with van der Waals surface area (Å²) < 4.78 is 0. The molecule has 96 valence electrons. The molecule has 1 aliphatic carbocycles. The molecule has 1 fully saturated rings. The Morgan fingerprint density at radius 3 is 2.69 bits per heavy atom. The summed E-state index contributed by atoms with van der Waals surface area (Å²) in [7, 11) is 2.29. The van der Waals surface area contributed by atoms with Gasteiger partial charge in [0.1, 0.15) is 0 Å². The van der Waals surface area contributed by atoms with Crippen LogP contribution < -0.4 is 5.32 Å². The molecule has 0 aromatic heterocycles. The zero-order chi connectivity index (χ0) is 11.8. The van der Waals surface area contributed by atoms with Gasteiger partial charge in [0.15, 0.2) is 0 Å². The topological polar surface area (TPSA) is 15.3 Å². The first-order chi connectivity index (χ1) is 7.77. The second kappa shape index (κ2) is 8.08. The lowest BCUT2D eigenvalue weighted by molar-refractivity contribution is 0.248. The molecule has 0 saturated heterocycles. The predicted molar refractivity (Wildman–Crippen MR) is 71.8 cm³/mol. The minimum Gasteiger partial charge on any atom is -0.314 e. The zero-order valence-corrected chi connectivity index (χ0v) is 11.5. The van der Waals surface area contributed by atoms with Gasteiger partial charge in [0.05, 0.1) is 0 Å². The minimum atomic E-state index is 0.790. The highest BCUT2D eigenvalue weighted by molar-refractivity contribution is 4.84. The van der Waals surface area contributed by atoms with Gasteiger partial charge in [-0.2, -0.15) is 0 Å². The van der Waals surface area contributed by atoms with Crippen molar-refractivity contribution in [3.8, 4) is 0 Å². The van der Waals surface area contributed by atoms with Crippen molar-refractivity contribution in [3.63, 3.8) is 0 Å². The molecular formula is C14H30N2. The van der Waals surface area contributed by atoms with Crippen molar-refractivity contribution in [1.82, 2.24) is 10.2 Å². The van der Waals surface area contributed by atoms with Crippen LogP contribution >= 0.6 is 0 Å². The standard InChI is InChI=1S/C14H30N2/c1-4-6-7-11-16(3)12-13-9-8-10-14(13)15-5-2/h13-15H,4-12H2,1-3H3. The number of nitrogens with zero attached hydrogens (tertiary/aromatic N) is 1. The van der Waals surface area contributed by atoms with E-state index in [-0.39, 0.29) is 0 Å². The third-order valence-electron chi connectivity index (χ3n) is 3.81. The molecule has 0 bridgehead atoms. The van der Waals surface area contributed by atoms with E-state index >= 15 is 0 Å². The molecule has 0 aromatic carbocycles. The Morgan fingerprint density at radius 2 is 2.00 bits per heavy atom. The molecule has 2 nitrogen and oxygen atoms in total. The molecule has 0 amide bonds. The largest absolute Gasteiger partial charge is 0.314 e. The maximum atomic E-state index is 3.64. The Bertz CT molecular complexity index is 170. The van der Waals surface area contributed by atoms with Crippen LogP contribution in [0.15, 0.2) is 0 Å². The van der Waals surface area contributed by atoms with E-state index in [4.69, 9.17) is 0 Å². The highest BCUT2D eigenvalue weighted by atomic mass is 15.1. The van der Waals surface area contributed by atoms with Crippen molar-refractivity contribution in [2.24, 2.45) is 5.92 Å². The van der Waals surface area contributed by atoms with Gasteiger partial charge < -0.3 is 10.2 Å². The van der Waals surface area contributed by atoms with Crippen molar-refractivity contribution in [2.45, 2.75) is 58.4 Å². The van der Waals surface area contributed by atoms with Gasteiger partial charge in [-0.15, -0.1) is 0 Å². The molecule has 16 heavy (non-hydrogen) atoms. The maximum absolute atomic E-state index is 3.64. The SMILES string of the molecule is CCCCCN(C)CC1CCCC1NCC. The molecular weight excluding hydrogens is 196 g/mol. The van der Waals surface area contributed by atoms with Crippen LogP contribution in [0, 0.1) is 5.92 Å². The Labute approximate surface area is 102 Å². The summed E-state index contributed by atoms with van der Waals surface area (Å²) in [5, 5.41) is 3.64.